The van der Waals surface area contributed by atoms with E-state index < -0.39 is 18.4 Å². The van der Waals surface area contributed by atoms with Crippen molar-refractivity contribution in [1.29, 1.82) is 0 Å². The van der Waals surface area contributed by atoms with Crippen LogP contribution in [0.15, 0.2) is 48.4 Å². The van der Waals surface area contributed by atoms with Crippen molar-refractivity contribution in [2.75, 3.05) is 43.1 Å². The number of hydrogen-bond acceptors (Lipinski definition) is 6. The largest absolute Gasteiger partial charge is 0.416 e. The molecule has 0 aliphatic carbocycles. The number of anilines is 3. The summed E-state index contributed by atoms with van der Waals surface area (Å²) in [7, 11) is 0. The fourth-order valence-corrected chi connectivity index (χ4v) is 2.92. The topological polar surface area (TPSA) is 61.4 Å². The zero-order valence-corrected chi connectivity index (χ0v) is 15.4. The van der Waals surface area contributed by atoms with Gasteiger partial charge in [0.25, 0.3) is 0 Å². The van der Waals surface area contributed by atoms with E-state index in [9.17, 15) is 22.4 Å². The van der Waals surface area contributed by atoms with Crippen molar-refractivity contribution < 1.29 is 22.4 Å². The normalized spacial score (nSPS) is 15.4. The van der Waals surface area contributed by atoms with Crippen LogP contribution in [0.5, 0.6) is 0 Å². The molecule has 6 nitrogen and oxygen atoms in total. The summed E-state index contributed by atoms with van der Waals surface area (Å²) in [6.07, 6.45) is 0.652. The molecule has 0 amide bonds. The molecule has 0 radical (unpaired) electrons. The predicted octanol–water partition coefficient (Wildman–Crippen LogP) is 3.41. The average molecular weight is 409 g/mol. The number of piperazine rings is 1. The first-order valence-electron chi connectivity index (χ1n) is 8.87. The van der Waals surface area contributed by atoms with E-state index in [4.69, 9.17) is 0 Å². The van der Waals surface area contributed by atoms with Gasteiger partial charge < -0.3 is 15.1 Å². The van der Waals surface area contributed by atoms with Gasteiger partial charge >= 0.3 is 6.18 Å². The molecule has 1 N–H and O–H groups in total. The van der Waals surface area contributed by atoms with Crippen molar-refractivity contribution in [2.24, 2.45) is 0 Å². The molecule has 3 rings (SSSR count). The van der Waals surface area contributed by atoms with Gasteiger partial charge in [0.2, 0.25) is 0 Å². The van der Waals surface area contributed by atoms with Gasteiger partial charge in [0.05, 0.1) is 5.56 Å². The minimum Gasteiger partial charge on any atom is -0.373 e. The van der Waals surface area contributed by atoms with E-state index in [1.54, 1.807) is 0 Å². The van der Waals surface area contributed by atoms with E-state index in [-0.39, 0.29) is 5.57 Å². The van der Waals surface area contributed by atoms with Gasteiger partial charge in [-0.3, -0.25) is 4.79 Å². The Kier molecular flexibility index (Phi) is 6.30. The number of carbonyl (C=O) groups is 1. The first kappa shape index (κ1) is 20.6. The minimum atomic E-state index is -4.39. The van der Waals surface area contributed by atoms with E-state index in [2.05, 4.69) is 15.3 Å². The number of allylic oxidation sites excluding steroid dienone is 1. The average Bonchev–Trinajstić information content (AvgIpc) is 2.73. The molecule has 0 unspecified atom stereocenters. The van der Waals surface area contributed by atoms with Crippen molar-refractivity contribution in [3.8, 4) is 0 Å². The summed E-state index contributed by atoms with van der Waals surface area (Å²) in [5.41, 5.74) is -0.183. The van der Waals surface area contributed by atoms with Crippen molar-refractivity contribution >= 4 is 23.6 Å². The lowest BCUT2D eigenvalue weighted by molar-refractivity contribution is -0.137. The third kappa shape index (κ3) is 5.21. The molecule has 29 heavy (non-hydrogen) atoms. The number of halogens is 4. The molecule has 2 heterocycles. The number of hydrogen-bond donors (Lipinski definition) is 1. The van der Waals surface area contributed by atoms with Gasteiger partial charge in [-0.25, -0.2) is 14.4 Å². The first-order chi connectivity index (χ1) is 13.9. The van der Waals surface area contributed by atoms with Gasteiger partial charge in [0.15, 0.2) is 11.6 Å². The Bertz CT molecular complexity index is 862. The Labute approximate surface area is 164 Å². The van der Waals surface area contributed by atoms with E-state index in [0.717, 1.165) is 12.1 Å². The third-order valence-electron chi connectivity index (χ3n) is 4.42. The van der Waals surface area contributed by atoms with Crippen LogP contribution >= 0.6 is 0 Å². The molecule has 2 aromatic rings. The SMILES string of the molecule is O=CC(=CN1CCN(c2nccnc2Nc2ccc(C(F)(F)F)cc2)CC1)CF. The van der Waals surface area contributed by atoms with Gasteiger partial charge in [-0.05, 0) is 24.3 Å². The van der Waals surface area contributed by atoms with E-state index in [0.29, 0.717) is 49.8 Å². The number of aromatic nitrogens is 2. The standard InChI is InChI=1S/C19H19F4N5O/c20-11-14(13-29)12-27-7-9-28(10-8-27)18-17(24-5-6-25-18)26-16-3-1-15(2-4-16)19(21,22)23/h1-6,12-13H,7-11H2,(H,24,26). The molecule has 1 aromatic heterocycles. The molecular weight excluding hydrogens is 390 g/mol. The fraction of sp³-hybridized carbons (Fsp3) is 0.316. The van der Waals surface area contributed by atoms with E-state index in [1.807, 2.05) is 9.80 Å². The molecular formula is C19H19F4N5O. The van der Waals surface area contributed by atoms with Crippen LogP contribution in [0.25, 0.3) is 0 Å². The summed E-state index contributed by atoms with van der Waals surface area (Å²) >= 11 is 0. The van der Waals surface area contributed by atoms with Crippen LogP contribution in [-0.4, -0.2) is 54.0 Å². The Morgan fingerprint density at radius 1 is 1.07 bits per heavy atom. The zero-order chi connectivity index (χ0) is 20.9. The Balaban J connectivity index is 1.70. The molecule has 0 atom stereocenters. The highest BCUT2D eigenvalue weighted by molar-refractivity contribution is 5.73. The van der Waals surface area contributed by atoms with Gasteiger partial charge in [0, 0.05) is 56.0 Å². The molecule has 1 aliphatic rings. The van der Waals surface area contributed by atoms with E-state index in [1.165, 1.54) is 30.7 Å². The number of rotatable bonds is 6. The van der Waals surface area contributed by atoms with Gasteiger partial charge in [0.1, 0.15) is 13.0 Å². The molecule has 1 saturated heterocycles. The quantitative estimate of drug-likeness (QED) is 0.448. The first-order valence-corrected chi connectivity index (χ1v) is 8.87. The van der Waals surface area contributed by atoms with Crippen LogP contribution in [0, 0.1) is 0 Å². The molecule has 0 bridgehead atoms. The highest BCUT2D eigenvalue weighted by atomic mass is 19.4. The highest BCUT2D eigenvalue weighted by Crippen LogP contribution is 2.31. The number of nitrogens with one attached hydrogen (secondary N) is 1. The lowest BCUT2D eigenvalue weighted by Crippen LogP contribution is -2.45. The van der Waals surface area contributed by atoms with Crippen LogP contribution in [0.3, 0.4) is 0 Å². The second-order valence-electron chi connectivity index (χ2n) is 6.41. The second-order valence-corrected chi connectivity index (χ2v) is 6.41. The molecule has 1 aromatic carbocycles. The molecule has 1 aliphatic heterocycles. The van der Waals surface area contributed by atoms with Crippen LogP contribution in [0.2, 0.25) is 0 Å². The van der Waals surface area contributed by atoms with Crippen LogP contribution in [0.4, 0.5) is 34.9 Å². The smallest absolute Gasteiger partial charge is 0.373 e. The van der Waals surface area contributed by atoms with Crippen molar-refractivity contribution in [1.82, 2.24) is 14.9 Å². The number of nitrogens with zero attached hydrogens (tertiary/aromatic N) is 4. The Morgan fingerprint density at radius 2 is 1.72 bits per heavy atom. The van der Waals surface area contributed by atoms with Crippen LogP contribution < -0.4 is 10.2 Å². The Hall–Kier alpha value is -3.17. The summed E-state index contributed by atoms with van der Waals surface area (Å²) in [4.78, 5) is 23.2. The van der Waals surface area contributed by atoms with Gasteiger partial charge in [-0.15, -0.1) is 0 Å². The van der Waals surface area contributed by atoms with Crippen LogP contribution in [-0.2, 0) is 11.0 Å². The third-order valence-corrected chi connectivity index (χ3v) is 4.42. The molecule has 0 saturated carbocycles. The number of alkyl halides is 4. The number of aldehydes is 1. The summed E-state index contributed by atoms with van der Waals surface area (Å²) in [5, 5.41) is 3.01. The number of benzene rings is 1. The summed E-state index contributed by atoms with van der Waals surface area (Å²) < 4.78 is 50.8. The summed E-state index contributed by atoms with van der Waals surface area (Å²) in [6, 6.07) is 4.67. The molecule has 1 fully saturated rings. The monoisotopic (exact) mass is 409 g/mol. The molecule has 10 heteroatoms. The van der Waals surface area contributed by atoms with Crippen molar-refractivity contribution in [3.05, 3.63) is 54.0 Å². The fourth-order valence-electron chi connectivity index (χ4n) is 2.92. The Morgan fingerprint density at radius 3 is 2.31 bits per heavy atom. The second kappa shape index (κ2) is 8.89. The van der Waals surface area contributed by atoms with Gasteiger partial charge in [-0.1, -0.05) is 0 Å². The van der Waals surface area contributed by atoms with E-state index >= 15 is 0 Å². The maximum Gasteiger partial charge on any atom is 0.416 e. The lowest BCUT2D eigenvalue weighted by Gasteiger charge is -2.35. The maximum absolute atomic E-state index is 12.7. The van der Waals surface area contributed by atoms with Crippen molar-refractivity contribution in [3.63, 3.8) is 0 Å². The summed E-state index contributed by atoms with van der Waals surface area (Å²) in [5.74, 6) is 0.991. The predicted molar refractivity (Wildman–Crippen MR) is 101 cm³/mol. The highest BCUT2D eigenvalue weighted by Gasteiger charge is 2.30. The number of carbonyl (C=O) groups excluding carboxylic acids is 1. The maximum atomic E-state index is 12.7. The summed E-state index contributed by atoms with van der Waals surface area (Å²) in [6.45, 7) is 1.45. The minimum absolute atomic E-state index is 0.0858. The molecule has 154 valence electrons. The molecule has 0 spiro atoms. The van der Waals surface area contributed by atoms with Gasteiger partial charge in [-0.2, -0.15) is 13.2 Å². The van der Waals surface area contributed by atoms with Crippen molar-refractivity contribution in [2.45, 2.75) is 6.18 Å². The lowest BCUT2D eigenvalue weighted by atomic mass is 10.2. The zero-order valence-electron chi connectivity index (χ0n) is 15.4. The van der Waals surface area contributed by atoms with Crippen LogP contribution in [0.1, 0.15) is 5.56 Å².